The van der Waals surface area contributed by atoms with Crippen LogP contribution in [-0.4, -0.2) is 6.04 Å². The number of hydrogen-bond donors (Lipinski definition) is 1. The molecule has 0 amide bonds. The molecule has 1 aromatic carbocycles. The third-order valence-corrected chi connectivity index (χ3v) is 3.56. The van der Waals surface area contributed by atoms with Gasteiger partial charge in [0.1, 0.15) is 0 Å². The lowest BCUT2D eigenvalue weighted by Crippen LogP contribution is -2.23. The largest absolute Gasteiger partial charge is 0.327 e. The molecule has 0 bridgehead atoms. The Labute approximate surface area is 105 Å². The van der Waals surface area contributed by atoms with E-state index in [0.717, 1.165) is 6.42 Å². The van der Waals surface area contributed by atoms with Gasteiger partial charge < -0.3 is 5.73 Å². The number of rotatable bonds is 1. The van der Waals surface area contributed by atoms with Crippen molar-refractivity contribution in [1.82, 2.24) is 0 Å². The minimum absolute atomic E-state index is 0.383. The maximum absolute atomic E-state index is 5.96. The van der Waals surface area contributed by atoms with Crippen LogP contribution in [0.1, 0.15) is 31.2 Å². The molecule has 0 spiro atoms. The lowest BCUT2D eigenvalue weighted by molar-refractivity contribution is 0.520. The molecule has 0 heterocycles. The van der Waals surface area contributed by atoms with Crippen molar-refractivity contribution in [2.24, 2.45) is 5.73 Å². The van der Waals surface area contributed by atoms with Crippen molar-refractivity contribution < 1.29 is 0 Å². The summed E-state index contributed by atoms with van der Waals surface area (Å²) in [5.74, 6) is 0. The number of hydrogen-bond acceptors (Lipinski definition) is 1. The van der Waals surface area contributed by atoms with E-state index in [1.165, 1.54) is 34.0 Å². The van der Waals surface area contributed by atoms with Gasteiger partial charge in [-0.2, -0.15) is 0 Å². The molecule has 0 aromatic heterocycles. The van der Waals surface area contributed by atoms with Crippen LogP contribution >= 0.6 is 22.6 Å². The van der Waals surface area contributed by atoms with E-state index < -0.39 is 0 Å². The van der Waals surface area contributed by atoms with Crippen LogP contribution in [0.25, 0.3) is 6.08 Å². The average molecular weight is 313 g/mol. The Morgan fingerprint density at radius 2 is 2.00 bits per heavy atom. The Kier molecular flexibility index (Phi) is 3.81. The van der Waals surface area contributed by atoms with Crippen molar-refractivity contribution in [3.8, 4) is 0 Å². The summed E-state index contributed by atoms with van der Waals surface area (Å²) < 4.78 is 1.29. The van der Waals surface area contributed by atoms with E-state index in [-0.39, 0.29) is 0 Å². The third kappa shape index (κ3) is 3.31. The van der Waals surface area contributed by atoms with Gasteiger partial charge in [-0.05, 0) is 66.0 Å². The summed E-state index contributed by atoms with van der Waals surface area (Å²) in [5.41, 5.74) is 8.78. The highest BCUT2D eigenvalue weighted by Gasteiger charge is 2.12. The van der Waals surface area contributed by atoms with E-state index in [2.05, 4.69) is 52.9 Å². The predicted molar refractivity (Wildman–Crippen MR) is 73.6 cm³/mol. The van der Waals surface area contributed by atoms with E-state index >= 15 is 0 Å². The van der Waals surface area contributed by atoms with Crippen LogP contribution in [-0.2, 0) is 0 Å². The first kappa shape index (κ1) is 11.1. The average Bonchev–Trinajstić information content (AvgIpc) is 2.22. The van der Waals surface area contributed by atoms with Crippen molar-refractivity contribution in [2.45, 2.75) is 31.7 Å². The molecule has 1 atom stereocenters. The van der Waals surface area contributed by atoms with E-state index in [9.17, 15) is 0 Å². The first-order valence-corrected chi connectivity index (χ1v) is 6.52. The standard InChI is InChI=1S/C13H16IN/c14-12-6-4-10(5-7-12)8-11-2-1-3-13(15)9-11/h4-8,13H,1-3,9,15H2. The summed E-state index contributed by atoms with van der Waals surface area (Å²) in [5, 5.41) is 0. The molecule has 80 valence electrons. The van der Waals surface area contributed by atoms with E-state index in [1.54, 1.807) is 0 Å². The van der Waals surface area contributed by atoms with Gasteiger partial charge in [-0.3, -0.25) is 0 Å². The molecule has 1 nitrogen and oxygen atoms in total. The molecule has 1 unspecified atom stereocenters. The molecule has 2 heteroatoms. The van der Waals surface area contributed by atoms with Crippen LogP contribution in [0.4, 0.5) is 0 Å². The maximum atomic E-state index is 5.96. The van der Waals surface area contributed by atoms with Crippen LogP contribution in [0.15, 0.2) is 29.8 Å². The van der Waals surface area contributed by atoms with Gasteiger partial charge in [0.2, 0.25) is 0 Å². The summed E-state index contributed by atoms with van der Waals surface area (Å²) in [6, 6.07) is 9.03. The van der Waals surface area contributed by atoms with Crippen molar-refractivity contribution in [2.75, 3.05) is 0 Å². The second-order valence-corrected chi connectivity index (χ2v) is 5.46. The molecule has 2 rings (SSSR count). The van der Waals surface area contributed by atoms with Gasteiger partial charge in [-0.25, -0.2) is 0 Å². The number of nitrogens with two attached hydrogens (primary N) is 1. The monoisotopic (exact) mass is 313 g/mol. The summed E-state index contributed by atoms with van der Waals surface area (Å²) in [7, 11) is 0. The van der Waals surface area contributed by atoms with Crippen molar-refractivity contribution >= 4 is 28.7 Å². The Balaban J connectivity index is 2.11. The first-order valence-electron chi connectivity index (χ1n) is 5.44. The highest BCUT2D eigenvalue weighted by molar-refractivity contribution is 14.1. The molecular weight excluding hydrogens is 297 g/mol. The summed E-state index contributed by atoms with van der Waals surface area (Å²) >= 11 is 2.33. The highest BCUT2D eigenvalue weighted by atomic mass is 127. The topological polar surface area (TPSA) is 26.0 Å². The van der Waals surface area contributed by atoms with E-state index in [0.29, 0.717) is 6.04 Å². The van der Waals surface area contributed by atoms with Crippen LogP contribution < -0.4 is 5.73 Å². The lowest BCUT2D eigenvalue weighted by Gasteiger charge is -2.20. The van der Waals surface area contributed by atoms with Crippen molar-refractivity contribution in [3.05, 3.63) is 39.0 Å². The molecule has 0 radical (unpaired) electrons. The number of halogens is 1. The quantitative estimate of drug-likeness (QED) is 0.788. The fraction of sp³-hybridized carbons (Fsp3) is 0.385. The van der Waals surface area contributed by atoms with Gasteiger partial charge in [-0.15, -0.1) is 0 Å². The van der Waals surface area contributed by atoms with Gasteiger partial charge in [0.25, 0.3) is 0 Å². The Hall–Kier alpha value is -0.350. The third-order valence-electron chi connectivity index (χ3n) is 2.84. The zero-order chi connectivity index (χ0) is 10.7. The zero-order valence-corrected chi connectivity index (χ0v) is 10.9. The van der Waals surface area contributed by atoms with Crippen molar-refractivity contribution in [3.63, 3.8) is 0 Å². The maximum Gasteiger partial charge on any atom is 0.0130 e. The minimum Gasteiger partial charge on any atom is -0.327 e. The smallest absolute Gasteiger partial charge is 0.0130 e. The number of benzene rings is 1. The summed E-state index contributed by atoms with van der Waals surface area (Å²) in [6.45, 7) is 0. The normalized spacial score (nSPS) is 24.4. The lowest BCUT2D eigenvalue weighted by atomic mass is 9.90. The van der Waals surface area contributed by atoms with Gasteiger partial charge >= 0.3 is 0 Å². The highest BCUT2D eigenvalue weighted by Crippen LogP contribution is 2.24. The Morgan fingerprint density at radius 1 is 1.27 bits per heavy atom. The summed E-state index contributed by atoms with van der Waals surface area (Å²) in [4.78, 5) is 0. The van der Waals surface area contributed by atoms with Gasteiger partial charge in [-0.1, -0.05) is 23.8 Å². The fourth-order valence-corrected chi connectivity index (χ4v) is 2.42. The minimum atomic E-state index is 0.383. The second kappa shape index (κ2) is 5.12. The molecule has 1 saturated carbocycles. The van der Waals surface area contributed by atoms with Crippen LogP contribution in [0.5, 0.6) is 0 Å². The van der Waals surface area contributed by atoms with E-state index in [4.69, 9.17) is 5.73 Å². The molecule has 1 fully saturated rings. The fourth-order valence-electron chi connectivity index (χ4n) is 2.06. The second-order valence-electron chi connectivity index (χ2n) is 4.21. The molecular formula is C13H16IN. The Bertz CT molecular complexity index is 353. The molecule has 2 N–H and O–H groups in total. The van der Waals surface area contributed by atoms with Crippen LogP contribution in [0, 0.1) is 3.57 Å². The summed E-state index contributed by atoms with van der Waals surface area (Å²) in [6.07, 6.45) is 7.03. The molecule has 0 aliphatic heterocycles. The Morgan fingerprint density at radius 3 is 2.67 bits per heavy atom. The van der Waals surface area contributed by atoms with E-state index in [1.807, 2.05) is 0 Å². The van der Waals surface area contributed by atoms with Crippen LogP contribution in [0.3, 0.4) is 0 Å². The molecule has 1 aliphatic carbocycles. The SMILES string of the molecule is NC1CCCC(=Cc2ccc(I)cc2)C1. The van der Waals surface area contributed by atoms with Gasteiger partial charge in [0, 0.05) is 9.61 Å². The van der Waals surface area contributed by atoms with Gasteiger partial charge in [0.05, 0.1) is 0 Å². The molecule has 0 saturated heterocycles. The molecule has 1 aliphatic rings. The van der Waals surface area contributed by atoms with Crippen molar-refractivity contribution in [1.29, 1.82) is 0 Å². The first-order chi connectivity index (χ1) is 7.24. The molecule has 1 aromatic rings. The zero-order valence-electron chi connectivity index (χ0n) is 8.75. The molecule has 15 heavy (non-hydrogen) atoms. The predicted octanol–water partition coefficient (Wildman–Crippen LogP) is 3.58. The van der Waals surface area contributed by atoms with Gasteiger partial charge in [0.15, 0.2) is 0 Å². The van der Waals surface area contributed by atoms with Crippen LogP contribution in [0.2, 0.25) is 0 Å².